The van der Waals surface area contributed by atoms with Gasteiger partial charge in [-0.15, -0.1) is 0 Å². The van der Waals surface area contributed by atoms with E-state index in [0.717, 1.165) is 24.0 Å². The van der Waals surface area contributed by atoms with Crippen LogP contribution in [0.15, 0.2) is 54.6 Å². The first kappa shape index (κ1) is 21.9. The molecule has 2 amide bonds. The Hall–Kier alpha value is -2.83. The van der Waals surface area contributed by atoms with Gasteiger partial charge in [-0.2, -0.15) is 13.2 Å². The van der Waals surface area contributed by atoms with Gasteiger partial charge in [0.1, 0.15) is 0 Å². The third-order valence-corrected chi connectivity index (χ3v) is 5.30. The van der Waals surface area contributed by atoms with Gasteiger partial charge in [0.05, 0.1) is 6.42 Å². The molecule has 1 heterocycles. The van der Waals surface area contributed by atoms with E-state index in [0.29, 0.717) is 25.2 Å². The van der Waals surface area contributed by atoms with Crippen LogP contribution >= 0.6 is 0 Å². The fourth-order valence-electron chi connectivity index (χ4n) is 3.65. The number of hydrogen-bond donors (Lipinski definition) is 1. The van der Waals surface area contributed by atoms with E-state index in [9.17, 15) is 22.8 Å². The fourth-order valence-corrected chi connectivity index (χ4v) is 3.65. The summed E-state index contributed by atoms with van der Waals surface area (Å²) in [6, 6.07) is 17.2. The van der Waals surface area contributed by atoms with E-state index in [1.165, 1.54) is 4.90 Å². The zero-order valence-electron chi connectivity index (χ0n) is 16.6. The highest BCUT2D eigenvalue weighted by Gasteiger charge is 2.30. The summed E-state index contributed by atoms with van der Waals surface area (Å²) in [6.07, 6.45) is -4.38. The number of rotatable bonds is 6. The van der Waals surface area contributed by atoms with Gasteiger partial charge in [0.2, 0.25) is 5.91 Å². The molecule has 0 spiro atoms. The number of piperidine rings is 1. The van der Waals surface area contributed by atoms with Crippen LogP contribution in [-0.2, 0) is 4.79 Å². The van der Waals surface area contributed by atoms with E-state index in [-0.39, 0.29) is 11.8 Å². The van der Waals surface area contributed by atoms with Crippen LogP contribution in [0.25, 0.3) is 11.1 Å². The Labute approximate surface area is 174 Å². The zero-order valence-corrected chi connectivity index (χ0v) is 16.6. The standard InChI is InChI=1S/C23H25F3N2O2/c24-23(25,26)13-12-21(29)28-14-4-5-17(16-28)15-27-22(30)20-10-8-19(9-11-20)18-6-2-1-3-7-18/h1-3,6-11,17H,4-5,12-16H2,(H,27,30)/t17-/m1/s1. The number of nitrogens with one attached hydrogen (secondary N) is 1. The molecule has 0 aliphatic carbocycles. The summed E-state index contributed by atoms with van der Waals surface area (Å²) in [4.78, 5) is 26.0. The topological polar surface area (TPSA) is 49.4 Å². The second kappa shape index (κ2) is 9.78. The number of carbonyl (C=O) groups is 2. The van der Waals surface area contributed by atoms with Crippen LogP contribution in [0.5, 0.6) is 0 Å². The van der Waals surface area contributed by atoms with E-state index in [4.69, 9.17) is 0 Å². The highest BCUT2D eigenvalue weighted by atomic mass is 19.4. The first-order chi connectivity index (χ1) is 14.3. The van der Waals surface area contributed by atoms with Crippen molar-refractivity contribution in [2.45, 2.75) is 31.9 Å². The predicted octanol–water partition coefficient (Wildman–Crippen LogP) is 4.66. The molecule has 1 saturated heterocycles. The van der Waals surface area contributed by atoms with Gasteiger partial charge < -0.3 is 10.2 Å². The lowest BCUT2D eigenvalue weighted by molar-refractivity contribution is -0.150. The maximum Gasteiger partial charge on any atom is 0.389 e. The van der Waals surface area contributed by atoms with Crippen LogP contribution in [-0.4, -0.2) is 42.5 Å². The Morgan fingerprint density at radius 2 is 1.67 bits per heavy atom. The van der Waals surface area contributed by atoms with Crippen molar-refractivity contribution in [2.75, 3.05) is 19.6 Å². The van der Waals surface area contributed by atoms with Gasteiger partial charge in [0, 0.05) is 31.6 Å². The first-order valence-corrected chi connectivity index (χ1v) is 10.1. The van der Waals surface area contributed by atoms with Crippen LogP contribution in [0.3, 0.4) is 0 Å². The average molecular weight is 418 g/mol. The number of benzene rings is 2. The number of likely N-dealkylation sites (tertiary alicyclic amines) is 1. The molecule has 1 aliphatic heterocycles. The number of amides is 2. The van der Waals surface area contributed by atoms with E-state index >= 15 is 0 Å². The molecule has 7 heteroatoms. The van der Waals surface area contributed by atoms with E-state index in [1.54, 1.807) is 12.1 Å². The minimum Gasteiger partial charge on any atom is -0.352 e. The second-order valence-corrected chi connectivity index (χ2v) is 7.62. The van der Waals surface area contributed by atoms with Crippen molar-refractivity contribution in [1.82, 2.24) is 10.2 Å². The predicted molar refractivity (Wildman–Crippen MR) is 109 cm³/mol. The van der Waals surface area contributed by atoms with E-state index in [1.807, 2.05) is 42.5 Å². The maximum absolute atomic E-state index is 12.4. The molecule has 1 aliphatic rings. The number of hydrogen-bond acceptors (Lipinski definition) is 2. The van der Waals surface area contributed by atoms with Crippen molar-refractivity contribution in [2.24, 2.45) is 5.92 Å². The molecule has 2 aromatic carbocycles. The molecule has 0 bridgehead atoms. The summed E-state index contributed by atoms with van der Waals surface area (Å²) in [6.45, 7) is 1.24. The van der Waals surface area contributed by atoms with Crippen LogP contribution in [0.1, 0.15) is 36.0 Å². The van der Waals surface area contributed by atoms with Crippen molar-refractivity contribution < 1.29 is 22.8 Å². The smallest absolute Gasteiger partial charge is 0.352 e. The Kier molecular flexibility index (Phi) is 7.13. The van der Waals surface area contributed by atoms with Gasteiger partial charge in [-0.05, 0) is 42.0 Å². The summed E-state index contributed by atoms with van der Waals surface area (Å²) in [7, 11) is 0. The molecule has 0 saturated carbocycles. The summed E-state index contributed by atoms with van der Waals surface area (Å²) in [5.41, 5.74) is 2.64. The van der Waals surface area contributed by atoms with Crippen molar-refractivity contribution in [3.8, 4) is 11.1 Å². The number of alkyl halides is 3. The Bertz CT molecular complexity index is 851. The van der Waals surface area contributed by atoms with Gasteiger partial charge >= 0.3 is 6.18 Å². The van der Waals surface area contributed by atoms with E-state index < -0.39 is 24.9 Å². The minimum atomic E-state index is -4.32. The second-order valence-electron chi connectivity index (χ2n) is 7.62. The third-order valence-electron chi connectivity index (χ3n) is 5.30. The summed E-state index contributed by atoms with van der Waals surface area (Å²) in [5, 5.41) is 2.89. The van der Waals surface area contributed by atoms with Crippen molar-refractivity contribution in [3.63, 3.8) is 0 Å². The SMILES string of the molecule is O=C(NC[C@H]1CCCN(C(=O)CCC(F)(F)F)C1)c1ccc(-c2ccccc2)cc1. The Balaban J connectivity index is 1.49. The lowest BCUT2D eigenvalue weighted by Crippen LogP contribution is -2.43. The minimum absolute atomic E-state index is 0.0427. The van der Waals surface area contributed by atoms with Gasteiger partial charge in [-0.3, -0.25) is 9.59 Å². The molecular formula is C23H25F3N2O2. The Morgan fingerprint density at radius 1 is 1.00 bits per heavy atom. The van der Waals surface area contributed by atoms with Gasteiger partial charge in [-0.25, -0.2) is 0 Å². The largest absolute Gasteiger partial charge is 0.389 e. The molecule has 0 unspecified atom stereocenters. The molecule has 1 N–H and O–H groups in total. The summed E-state index contributed by atoms with van der Waals surface area (Å²) < 4.78 is 37.0. The van der Waals surface area contributed by atoms with Gasteiger partial charge in [0.25, 0.3) is 5.91 Å². The maximum atomic E-state index is 12.4. The fraction of sp³-hybridized carbons (Fsp3) is 0.391. The number of carbonyl (C=O) groups excluding carboxylic acids is 2. The van der Waals surface area contributed by atoms with E-state index in [2.05, 4.69) is 5.32 Å². The normalized spacial score (nSPS) is 16.9. The molecule has 1 atom stereocenters. The lowest BCUT2D eigenvalue weighted by Gasteiger charge is -2.33. The molecule has 1 fully saturated rings. The third kappa shape index (κ3) is 6.34. The molecule has 30 heavy (non-hydrogen) atoms. The molecule has 3 rings (SSSR count). The zero-order chi connectivity index (χ0) is 21.6. The van der Waals surface area contributed by atoms with Crippen LogP contribution in [0, 0.1) is 5.92 Å². The quantitative estimate of drug-likeness (QED) is 0.742. The monoisotopic (exact) mass is 418 g/mol. The van der Waals surface area contributed by atoms with Crippen LogP contribution in [0.4, 0.5) is 13.2 Å². The highest BCUT2D eigenvalue weighted by Crippen LogP contribution is 2.24. The van der Waals surface area contributed by atoms with Crippen molar-refractivity contribution in [3.05, 3.63) is 60.2 Å². The summed E-state index contributed by atoms with van der Waals surface area (Å²) in [5.74, 6) is -0.629. The molecule has 4 nitrogen and oxygen atoms in total. The number of nitrogens with zero attached hydrogens (tertiary/aromatic N) is 1. The number of halogens is 3. The molecule has 0 radical (unpaired) electrons. The van der Waals surface area contributed by atoms with Crippen molar-refractivity contribution >= 4 is 11.8 Å². The lowest BCUT2D eigenvalue weighted by atomic mass is 9.97. The van der Waals surface area contributed by atoms with Crippen LogP contribution < -0.4 is 5.32 Å². The molecular weight excluding hydrogens is 393 g/mol. The molecule has 160 valence electrons. The van der Waals surface area contributed by atoms with Gasteiger partial charge in [-0.1, -0.05) is 42.5 Å². The first-order valence-electron chi connectivity index (χ1n) is 10.1. The summed E-state index contributed by atoms with van der Waals surface area (Å²) >= 11 is 0. The Morgan fingerprint density at radius 3 is 2.33 bits per heavy atom. The average Bonchev–Trinajstić information content (AvgIpc) is 2.76. The molecule has 0 aromatic heterocycles. The molecule has 2 aromatic rings. The van der Waals surface area contributed by atoms with Gasteiger partial charge in [0.15, 0.2) is 0 Å². The van der Waals surface area contributed by atoms with Crippen LogP contribution in [0.2, 0.25) is 0 Å². The highest BCUT2D eigenvalue weighted by molar-refractivity contribution is 5.94. The van der Waals surface area contributed by atoms with Crippen molar-refractivity contribution in [1.29, 1.82) is 0 Å².